The van der Waals surface area contributed by atoms with Gasteiger partial charge < -0.3 is 16.2 Å². The number of nitrogens with zero attached hydrogens (tertiary/aromatic N) is 1. The first-order valence-corrected chi connectivity index (χ1v) is 6.64. The second-order valence-corrected chi connectivity index (χ2v) is 4.89. The molecule has 4 N–H and O–H groups in total. The monoisotopic (exact) mass is 277 g/mol. The van der Waals surface area contributed by atoms with Crippen LogP contribution in [0, 0.1) is 0 Å². The first-order valence-electron chi connectivity index (χ1n) is 6.64. The van der Waals surface area contributed by atoms with E-state index in [1.807, 2.05) is 6.07 Å². The van der Waals surface area contributed by atoms with E-state index in [2.05, 4.69) is 10.2 Å². The number of carboxylic acids is 1. The number of benzene rings is 1. The van der Waals surface area contributed by atoms with Crippen LogP contribution in [0.25, 0.3) is 0 Å². The number of carbonyl (C=O) groups is 2. The molecule has 0 atom stereocenters. The van der Waals surface area contributed by atoms with Gasteiger partial charge in [-0.25, -0.2) is 4.79 Å². The van der Waals surface area contributed by atoms with Gasteiger partial charge in [-0.2, -0.15) is 0 Å². The van der Waals surface area contributed by atoms with Gasteiger partial charge in [-0.05, 0) is 23.3 Å². The number of nitrogens with two attached hydrogens (primary N) is 1. The van der Waals surface area contributed by atoms with Crippen molar-refractivity contribution < 1.29 is 14.7 Å². The van der Waals surface area contributed by atoms with E-state index in [1.165, 1.54) is 0 Å². The molecule has 1 aromatic carbocycles. The highest BCUT2D eigenvalue weighted by Crippen LogP contribution is 2.23. The number of aromatic carboxylic acids is 1. The van der Waals surface area contributed by atoms with Crippen LogP contribution in [0.1, 0.15) is 27.9 Å². The van der Waals surface area contributed by atoms with Crippen LogP contribution in [0.5, 0.6) is 0 Å². The van der Waals surface area contributed by atoms with Crippen molar-refractivity contribution in [2.75, 3.05) is 19.6 Å². The molecule has 1 aliphatic rings. The zero-order chi connectivity index (χ0) is 14.5. The maximum Gasteiger partial charge on any atom is 0.335 e. The third-order valence-electron chi connectivity index (χ3n) is 3.36. The molecule has 0 radical (unpaired) electrons. The average molecular weight is 277 g/mol. The fourth-order valence-corrected chi connectivity index (χ4v) is 2.32. The quantitative estimate of drug-likeness (QED) is 0.688. The van der Waals surface area contributed by atoms with Gasteiger partial charge in [0.2, 0.25) is 5.91 Å². The fourth-order valence-electron chi connectivity index (χ4n) is 2.32. The average Bonchev–Trinajstić information content (AvgIpc) is 2.84. The van der Waals surface area contributed by atoms with Crippen LogP contribution in [-0.2, 0) is 17.9 Å². The Morgan fingerprint density at radius 1 is 1.30 bits per heavy atom. The Kier molecular flexibility index (Phi) is 4.70. The van der Waals surface area contributed by atoms with Crippen molar-refractivity contribution in [2.24, 2.45) is 5.73 Å². The summed E-state index contributed by atoms with van der Waals surface area (Å²) in [5.41, 5.74) is 7.80. The summed E-state index contributed by atoms with van der Waals surface area (Å²) in [7, 11) is 0. The van der Waals surface area contributed by atoms with Crippen LogP contribution in [0.4, 0.5) is 0 Å². The Bertz CT molecular complexity index is 516. The Morgan fingerprint density at radius 2 is 2.05 bits per heavy atom. The highest BCUT2D eigenvalue weighted by Gasteiger charge is 2.20. The van der Waals surface area contributed by atoms with Gasteiger partial charge in [0.05, 0.1) is 5.56 Å². The number of amides is 1. The van der Waals surface area contributed by atoms with E-state index in [4.69, 9.17) is 10.8 Å². The topological polar surface area (TPSA) is 95.7 Å². The minimum atomic E-state index is -0.910. The van der Waals surface area contributed by atoms with Crippen LogP contribution in [-0.4, -0.2) is 41.5 Å². The second-order valence-electron chi connectivity index (χ2n) is 4.89. The lowest BCUT2D eigenvalue weighted by Crippen LogP contribution is -2.31. The molecule has 0 bridgehead atoms. The van der Waals surface area contributed by atoms with Gasteiger partial charge in [0.25, 0.3) is 0 Å². The lowest BCUT2D eigenvalue weighted by atomic mass is 10.1. The molecule has 1 aliphatic heterocycles. The Balaban J connectivity index is 1.86. The molecule has 0 saturated carbocycles. The van der Waals surface area contributed by atoms with E-state index >= 15 is 0 Å². The minimum Gasteiger partial charge on any atom is -0.478 e. The van der Waals surface area contributed by atoms with Crippen LogP contribution in [0.3, 0.4) is 0 Å². The number of nitrogens with one attached hydrogen (secondary N) is 1. The highest BCUT2D eigenvalue weighted by molar-refractivity contribution is 5.88. The lowest BCUT2D eigenvalue weighted by Gasteiger charge is -2.14. The van der Waals surface area contributed by atoms with Crippen LogP contribution in [0.2, 0.25) is 0 Å². The normalized spacial score (nSPS) is 14.1. The molecule has 6 heteroatoms. The first-order chi connectivity index (χ1) is 9.60. The molecule has 1 amide bonds. The van der Waals surface area contributed by atoms with Crippen LogP contribution in [0.15, 0.2) is 18.2 Å². The summed E-state index contributed by atoms with van der Waals surface area (Å²) in [5, 5.41) is 11.7. The number of fused-ring (bicyclic) bond motifs is 1. The number of carboxylic acid groups (broad SMARTS) is 1. The molecule has 0 fully saturated rings. The molecule has 0 aliphatic carbocycles. The first kappa shape index (κ1) is 14.5. The van der Waals surface area contributed by atoms with Crippen molar-refractivity contribution >= 4 is 11.9 Å². The van der Waals surface area contributed by atoms with Gasteiger partial charge in [-0.1, -0.05) is 6.07 Å². The molecule has 108 valence electrons. The van der Waals surface area contributed by atoms with E-state index in [0.717, 1.165) is 17.7 Å². The maximum atomic E-state index is 11.5. The number of carbonyl (C=O) groups excluding carboxylic acids is 1. The standard InChI is InChI=1S/C14H19N3O3/c15-4-5-16-13(18)3-6-17-8-11-2-1-10(14(19)20)7-12(11)9-17/h1-2,7H,3-6,8-9,15H2,(H,16,18)(H,19,20). The van der Waals surface area contributed by atoms with Gasteiger partial charge in [0, 0.05) is 39.1 Å². The van der Waals surface area contributed by atoms with E-state index in [-0.39, 0.29) is 5.91 Å². The van der Waals surface area contributed by atoms with Crippen molar-refractivity contribution in [3.05, 3.63) is 34.9 Å². The van der Waals surface area contributed by atoms with Gasteiger partial charge in [-0.3, -0.25) is 9.69 Å². The Hall–Kier alpha value is -1.92. The molecule has 0 unspecified atom stereocenters. The zero-order valence-electron chi connectivity index (χ0n) is 11.3. The molecule has 2 rings (SSSR count). The van der Waals surface area contributed by atoms with E-state index in [9.17, 15) is 9.59 Å². The molecule has 20 heavy (non-hydrogen) atoms. The van der Waals surface area contributed by atoms with Gasteiger partial charge in [0.1, 0.15) is 0 Å². The van der Waals surface area contributed by atoms with Crippen molar-refractivity contribution in [3.63, 3.8) is 0 Å². The minimum absolute atomic E-state index is 0.00219. The van der Waals surface area contributed by atoms with Crippen molar-refractivity contribution in [2.45, 2.75) is 19.5 Å². The van der Waals surface area contributed by atoms with Gasteiger partial charge in [-0.15, -0.1) is 0 Å². The van der Waals surface area contributed by atoms with Crippen molar-refractivity contribution in [3.8, 4) is 0 Å². The third kappa shape index (κ3) is 3.55. The lowest BCUT2D eigenvalue weighted by molar-refractivity contribution is -0.121. The number of rotatable bonds is 6. The molecular weight excluding hydrogens is 258 g/mol. The molecule has 0 spiro atoms. The molecule has 0 aromatic heterocycles. The summed E-state index contributed by atoms with van der Waals surface area (Å²) in [6, 6.07) is 5.19. The summed E-state index contributed by atoms with van der Waals surface area (Å²) in [5.74, 6) is -0.912. The van der Waals surface area contributed by atoms with Crippen molar-refractivity contribution in [1.82, 2.24) is 10.2 Å². The van der Waals surface area contributed by atoms with Gasteiger partial charge in [0.15, 0.2) is 0 Å². The fraction of sp³-hybridized carbons (Fsp3) is 0.429. The van der Waals surface area contributed by atoms with Crippen LogP contribution >= 0.6 is 0 Å². The summed E-state index contributed by atoms with van der Waals surface area (Å²) in [6.07, 6.45) is 0.430. The molecule has 1 aromatic rings. The molecular formula is C14H19N3O3. The predicted octanol–water partition coefficient (Wildman–Crippen LogP) is 0.165. The van der Waals surface area contributed by atoms with E-state index < -0.39 is 5.97 Å². The summed E-state index contributed by atoms with van der Waals surface area (Å²) >= 11 is 0. The largest absolute Gasteiger partial charge is 0.478 e. The predicted molar refractivity (Wildman–Crippen MR) is 74.2 cm³/mol. The Morgan fingerprint density at radius 3 is 2.75 bits per heavy atom. The number of hydrogen-bond acceptors (Lipinski definition) is 4. The summed E-state index contributed by atoms with van der Waals surface area (Å²) in [6.45, 7) is 3.06. The van der Waals surface area contributed by atoms with E-state index in [0.29, 0.717) is 38.2 Å². The van der Waals surface area contributed by atoms with Crippen LogP contribution < -0.4 is 11.1 Å². The molecule has 0 saturated heterocycles. The maximum absolute atomic E-state index is 11.5. The Labute approximate surface area is 117 Å². The summed E-state index contributed by atoms with van der Waals surface area (Å²) < 4.78 is 0. The second kappa shape index (κ2) is 6.49. The smallest absolute Gasteiger partial charge is 0.335 e. The molecule has 1 heterocycles. The van der Waals surface area contributed by atoms with E-state index in [1.54, 1.807) is 12.1 Å². The van der Waals surface area contributed by atoms with Crippen molar-refractivity contribution in [1.29, 1.82) is 0 Å². The zero-order valence-corrected chi connectivity index (χ0v) is 11.3. The third-order valence-corrected chi connectivity index (χ3v) is 3.36. The SMILES string of the molecule is NCCNC(=O)CCN1Cc2ccc(C(=O)O)cc2C1. The molecule has 6 nitrogen and oxygen atoms in total. The number of hydrogen-bond donors (Lipinski definition) is 3. The highest BCUT2D eigenvalue weighted by atomic mass is 16.4. The van der Waals surface area contributed by atoms with Gasteiger partial charge >= 0.3 is 5.97 Å². The summed E-state index contributed by atoms with van der Waals surface area (Å²) in [4.78, 5) is 24.6.